The molecule has 0 radical (unpaired) electrons. The van der Waals surface area contributed by atoms with E-state index in [1.807, 2.05) is 6.82 Å². The third-order valence-electron chi connectivity index (χ3n) is 4.31. The fourth-order valence-electron chi connectivity index (χ4n) is 3.47. The third kappa shape index (κ3) is 1.41. The van der Waals surface area contributed by atoms with Crippen molar-refractivity contribution >= 4 is 34.3 Å². The number of fused-ring (bicyclic) bond motifs is 2. The van der Waals surface area contributed by atoms with Crippen molar-refractivity contribution in [3.8, 4) is 0 Å². The van der Waals surface area contributed by atoms with Crippen LogP contribution in [0.2, 0.25) is 6.82 Å². The van der Waals surface area contributed by atoms with Gasteiger partial charge in [-0.15, -0.1) is 0 Å². The molecule has 0 aliphatic heterocycles. The van der Waals surface area contributed by atoms with Crippen LogP contribution in [0, 0.1) is 0 Å². The molecule has 0 aromatic heterocycles. The highest BCUT2D eigenvalue weighted by Gasteiger charge is 2.25. The van der Waals surface area contributed by atoms with Crippen LogP contribution in [0.5, 0.6) is 0 Å². The molecule has 0 saturated carbocycles. The molecule has 0 atom stereocenters. The van der Waals surface area contributed by atoms with Gasteiger partial charge >= 0.3 is 6.92 Å². The van der Waals surface area contributed by atoms with Crippen LogP contribution in [0.1, 0.15) is 24.0 Å². The summed E-state index contributed by atoms with van der Waals surface area (Å²) in [6.45, 7) is 1.42. The van der Waals surface area contributed by atoms with Crippen LogP contribution in [-0.4, -0.2) is 11.9 Å². The summed E-state index contributed by atoms with van der Waals surface area (Å²) in [5.41, 5.74) is 6.60. The summed E-state index contributed by atoms with van der Waals surface area (Å²) in [6.07, 6.45) is 6.78. The molecule has 4 rings (SSSR count). The zero-order valence-corrected chi connectivity index (χ0v) is 11.0. The maximum absolute atomic E-state index is 9.95. The number of allylic oxidation sites excluding steroid dienone is 4. The molecular weight excluding hydrogens is 231 g/mol. The van der Waals surface area contributed by atoms with Crippen molar-refractivity contribution in [3.63, 3.8) is 0 Å². The Bertz CT molecular complexity index is 753. The van der Waals surface area contributed by atoms with Crippen LogP contribution >= 0.6 is 0 Å². The summed E-state index contributed by atoms with van der Waals surface area (Å²) in [7, 11) is 0. The highest BCUT2D eigenvalue weighted by Crippen LogP contribution is 2.45. The van der Waals surface area contributed by atoms with Gasteiger partial charge in [0.05, 0.1) is 0 Å². The maximum Gasteiger partial charge on any atom is 0.321 e. The van der Waals surface area contributed by atoms with E-state index in [2.05, 4.69) is 42.5 Å². The van der Waals surface area contributed by atoms with E-state index in [0.29, 0.717) is 0 Å². The second kappa shape index (κ2) is 3.85. The van der Waals surface area contributed by atoms with E-state index in [4.69, 9.17) is 0 Å². The average molecular weight is 246 g/mol. The molecule has 2 aromatic carbocycles. The summed E-state index contributed by atoms with van der Waals surface area (Å²) >= 11 is 0. The topological polar surface area (TPSA) is 20.2 Å². The van der Waals surface area contributed by atoms with Gasteiger partial charge in [-0.2, -0.15) is 0 Å². The summed E-state index contributed by atoms with van der Waals surface area (Å²) in [4.78, 5) is 0. The first-order valence-corrected chi connectivity index (χ1v) is 6.91. The molecule has 0 heterocycles. The predicted molar refractivity (Wildman–Crippen MR) is 82.6 cm³/mol. The molecule has 0 bridgehead atoms. The smallest absolute Gasteiger partial charge is 0.321 e. The zero-order valence-electron chi connectivity index (χ0n) is 11.0. The van der Waals surface area contributed by atoms with Crippen molar-refractivity contribution in [2.24, 2.45) is 0 Å². The Morgan fingerprint density at radius 3 is 2.84 bits per heavy atom. The highest BCUT2D eigenvalue weighted by molar-refractivity contribution is 6.67. The Kier molecular flexibility index (Phi) is 2.24. The summed E-state index contributed by atoms with van der Waals surface area (Å²) in [6, 6.07) is 10.7. The molecule has 0 spiro atoms. The van der Waals surface area contributed by atoms with Crippen LogP contribution in [0.15, 0.2) is 42.5 Å². The van der Waals surface area contributed by atoms with E-state index >= 15 is 0 Å². The summed E-state index contributed by atoms with van der Waals surface area (Å²) in [5, 5.41) is 12.5. The van der Waals surface area contributed by atoms with Crippen molar-refractivity contribution in [1.29, 1.82) is 0 Å². The molecule has 2 aromatic rings. The van der Waals surface area contributed by atoms with Crippen molar-refractivity contribution in [2.45, 2.75) is 19.7 Å². The molecule has 2 heteroatoms. The number of hydrogen-bond donors (Lipinski definition) is 1. The first kappa shape index (κ1) is 11.1. The van der Waals surface area contributed by atoms with Gasteiger partial charge in [0.2, 0.25) is 0 Å². The van der Waals surface area contributed by atoms with Crippen molar-refractivity contribution in [1.82, 2.24) is 0 Å². The Morgan fingerprint density at radius 2 is 2.00 bits per heavy atom. The Hall–Kier alpha value is -1.80. The molecule has 0 amide bonds. The summed E-state index contributed by atoms with van der Waals surface area (Å²) in [5.74, 6) is 0. The van der Waals surface area contributed by atoms with Crippen molar-refractivity contribution in [2.75, 3.05) is 0 Å². The van der Waals surface area contributed by atoms with E-state index in [9.17, 15) is 5.02 Å². The maximum atomic E-state index is 9.95. The molecule has 1 nitrogen and oxygen atoms in total. The standard InChI is InChI=1S/C17H15BO/c1-18(19)16-10-9-14-12-6-3-2-5-11(12)13-7-4-8-15(16)17(13)14/h3-4,6-10,19H,2,5H2,1H3. The van der Waals surface area contributed by atoms with Crippen molar-refractivity contribution < 1.29 is 5.02 Å². The predicted octanol–water partition coefficient (Wildman–Crippen LogP) is 3.23. The highest BCUT2D eigenvalue weighted by atomic mass is 16.2. The molecule has 0 fully saturated rings. The van der Waals surface area contributed by atoms with Gasteiger partial charge in [0.1, 0.15) is 0 Å². The van der Waals surface area contributed by atoms with Crippen molar-refractivity contribution in [3.05, 3.63) is 53.6 Å². The monoisotopic (exact) mass is 246 g/mol. The first-order valence-electron chi connectivity index (χ1n) is 6.91. The molecular formula is C17H15BO. The SMILES string of the molecule is CB(O)c1ccc2c3c(cccc13)C1=C2C=CCC1. The molecule has 19 heavy (non-hydrogen) atoms. The van der Waals surface area contributed by atoms with Gasteiger partial charge in [-0.1, -0.05) is 49.3 Å². The molecule has 1 N–H and O–H groups in total. The van der Waals surface area contributed by atoms with Gasteiger partial charge in [0, 0.05) is 0 Å². The molecule has 0 saturated heterocycles. The Balaban J connectivity index is 2.12. The normalized spacial score (nSPS) is 16.1. The van der Waals surface area contributed by atoms with E-state index < -0.39 is 6.92 Å². The van der Waals surface area contributed by atoms with Crippen LogP contribution in [-0.2, 0) is 0 Å². The Labute approximate surface area is 113 Å². The van der Waals surface area contributed by atoms with Crippen LogP contribution < -0.4 is 5.46 Å². The third-order valence-corrected chi connectivity index (χ3v) is 4.31. The minimum atomic E-state index is -0.419. The lowest BCUT2D eigenvalue weighted by Gasteiger charge is -2.10. The summed E-state index contributed by atoms with van der Waals surface area (Å²) < 4.78 is 0. The van der Waals surface area contributed by atoms with E-state index in [0.717, 1.165) is 18.3 Å². The largest absolute Gasteiger partial charge is 0.446 e. The van der Waals surface area contributed by atoms with E-state index in [1.165, 1.54) is 33.0 Å². The lowest BCUT2D eigenvalue weighted by molar-refractivity contribution is 0.594. The fraction of sp³-hybridized carbons (Fsp3) is 0.176. The van der Waals surface area contributed by atoms with Crippen LogP contribution in [0.4, 0.5) is 0 Å². The van der Waals surface area contributed by atoms with Gasteiger partial charge in [-0.25, -0.2) is 0 Å². The van der Waals surface area contributed by atoms with Gasteiger partial charge in [-0.3, -0.25) is 0 Å². The zero-order chi connectivity index (χ0) is 13.0. The second-order valence-electron chi connectivity index (χ2n) is 5.44. The molecule has 0 unspecified atom stereocenters. The molecule has 2 aliphatic rings. The quantitative estimate of drug-likeness (QED) is 0.766. The van der Waals surface area contributed by atoms with E-state index in [1.54, 1.807) is 0 Å². The van der Waals surface area contributed by atoms with Gasteiger partial charge in [0.15, 0.2) is 0 Å². The molecule has 2 aliphatic carbocycles. The minimum absolute atomic E-state index is 0.419. The second-order valence-corrected chi connectivity index (χ2v) is 5.44. The first-order chi connectivity index (χ1) is 9.27. The fourth-order valence-corrected chi connectivity index (χ4v) is 3.47. The van der Waals surface area contributed by atoms with Gasteiger partial charge in [-0.05, 0) is 51.4 Å². The lowest BCUT2D eigenvalue weighted by atomic mass is 9.62. The Morgan fingerprint density at radius 1 is 1.11 bits per heavy atom. The van der Waals surface area contributed by atoms with Gasteiger partial charge in [0.25, 0.3) is 0 Å². The molecule has 92 valence electrons. The lowest BCUT2D eigenvalue weighted by Crippen LogP contribution is -2.27. The number of hydrogen-bond acceptors (Lipinski definition) is 1. The van der Waals surface area contributed by atoms with E-state index in [-0.39, 0.29) is 0 Å². The van der Waals surface area contributed by atoms with Crippen LogP contribution in [0.3, 0.4) is 0 Å². The average Bonchev–Trinajstić information content (AvgIpc) is 2.76. The van der Waals surface area contributed by atoms with Gasteiger partial charge < -0.3 is 5.02 Å². The number of rotatable bonds is 1. The van der Waals surface area contributed by atoms with Crippen LogP contribution in [0.25, 0.3) is 21.9 Å². The minimum Gasteiger partial charge on any atom is -0.446 e. The number of benzene rings is 2.